The van der Waals surface area contributed by atoms with E-state index < -0.39 is 5.97 Å². The first-order chi connectivity index (χ1) is 10.1. The van der Waals surface area contributed by atoms with Gasteiger partial charge in [0, 0.05) is 20.1 Å². The molecule has 1 aliphatic heterocycles. The minimum absolute atomic E-state index is 0.0541. The molecule has 1 heterocycles. The van der Waals surface area contributed by atoms with E-state index in [0.29, 0.717) is 18.5 Å². The molecule has 0 radical (unpaired) electrons. The normalized spacial score (nSPS) is 18.2. The molecule has 1 aromatic carbocycles. The third-order valence-electron chi connectivity index (χ3n) is 3.99. The molecule has 0 spiro atoms. The summed E-state index contributed by atoms with van der Waals surface area (Å²) >= 11 is 0. The van der Waals surface area contributed by atoms with E-state index in [1.54, 1.807) is 24.1 Å². The lowest BCUT2D eigenvalue weighted by Gasteiger charge is -2.27. The summed E-state index contributed by atoms with van der Waals surface area (Å²) < 4.78 is 0. The summed E-state index contributed by atoms with van der Waals surface area (Å²) in [5, 5.41) is 12.4. The van der Waals surface area contributed by atoms with Crippen LogP contribution < -0.4 is 5.32 Å². The van der Waals surface area contributed by atoms with Gasteiger partial charge in [-0.3, -0.25) is 4.79 Å². The number of nitrogens with zero attached hydrogens (tertiary/aromatic N) is 1. The second-order valence-electron chi connectivity index (χ2n) is 5.52. The highest BCUT2D eigenvalue weighted by Crippen LogP contribution is 2.14. The summed E-state index contributed by atoms with van der Waals surface area (Å²) in [4.78, 5) is 25.2. The molecule has 1 amide bonds. The van der Waals surface area contributed by atoms with Crippen molar-refractivity contribution in [2.24, 2.45) is 5.92 Å². The number of hydrogen-bond donors (Lipinski definition) is 2. The van der Waals surface area contributed by atoms with E-state index >= 15 is 0 Å². The topological polar surface area (TPSA) is 69.6 Å². The van der Waals surface area contributed by atoms with Crippen LogP contribution in [0.2, 0.25) is 0 Å². The Balaban J connectivity index is 1.93. The molecule has 1 aromatic rings. The molecule has 1 atom stereocenters. The quantitative estimate of drug-likeness (QED) is 0.859. The third kappa shape index (κ3) is 4.04. The molecule has 114 valence electrons. The molecule has 0 bridgehead atoms. The van der Waals surface area contributed by atoms with Gasteiger partial charge in [0.25, 0.3) is 0 Å². The number of hydrogen-bond acceptors (Lipinski definition) is 3. The second-order valence-corrected chi connectivity index (χ2v) is 5.52. The standard InChI is InChI=1S/C16H22N2O3/c1-18(15(19)13-6-4-9-17-11-13)10-8-12-5-2-3-7-14(12)16(20)21/h2-3,5,7,13,17H,4,6,8-11H2,1H3,(H,20,21)/t13-/m0/s1. The number of aromatic carboxylic acids is 1. The zero-order chi connectivity index (χ0) is 15.2. The van der Waals surface area contributed by atoms with E-state index in [2.05, 4.69) is 5.32 Å². The molecule has 5 nitrogen and oxygen atoms in total. The van der Waals surface area contributed by atoms with Crippen LogP contribution in [0.4, 0.5) is 0 Å². The van der Waals surface area contributed by atoms with Gasteiger partial charge in [-0.05, 0) is 37.4 Å². The van der Waals surface area contributed by atoms with Crippen LogP contribution in [-0.4, -0.2) is 48.6 Å². The lowest BCUT2D eigenvalue weighted by Crippen LogP contribution is -2.42. The van der Waals surface area contributed by atoms with Crippen LogP contribution in [0, 0.1) is 5.92 Å². The number of carbonyl (C=O) groups is 2. The summed E-state index contributed by atoms with van der Waals surface area (Å²) in [5.41, 5.74) is 1.09. The smallest absolute Gasteiger partial charge is 0.335 e. The van der Waals surface area contributed by atoms with Gasteiger partial charge >= 0.3 is 5.97 Å². The van der Waals surface area contributed by atoms with E-state index in [9.17, 15) is 9.59 Å². The van der Waals surface area contributed by atoms with E-state index in [1.165, 1.54) is 0 Å². The third-order valence-corrected chi connectivity index (χ3v) is 3.99. The zero-order valence-electron chi connectivity index (χ0n) is 12.3. The molecule has 0 saturated carbocycles. The predicted molar refractivity (Wildman–Crippen MR) is 80.3 cm³/mol. The Labute approximate surface area is 125 Å². The molecule has 0 aliphatic carbocycles. The van der Waals surface area contributed by atoms with E-state index in [-0.39, 0.29) is 11.8 Å². The fourth-order valence-electron chi connectivity index (χ4n) is 2.72. The van der Waals surface area contributed by atoms with Crippen molar-refractivity contribution in [3.8, 4) is 0 Å². The Morgan fingerprint density at radius 1 is 1.38 bits per heavy atom. The van der Waals surface area contributed by atoms with Crippen LogP contribution in [0.3, 0.4) is 0 Å². The fourth-order valence-corrected chi connectivity index (χ4v) is 2.72. The highest BCUT2D eigenvalue weighted by molar-refractivity contribution is 5.89. The van der Waals surface area contributed by atoms with Gasteiger partial charge in [0.15, 0.2) is 0 Å². The number of carboxylic acid groups (broad SMARTS) is 1. The van der Waals surface area contributed by atoms with Crippen LogP contribution >= 0.6 is 0 Å². The van der Waals surface area contributed by atoms with Gasteiger partial charge in [0.2, 0.25) is 5.91 Å². The maximum atomic E-state index is 12.3. The number of carbonyl (C=O) groups excluding carboxylic acids is 1. The van der Waals surface area contributed by atoms with E-state index in [0.717, 1.165) is 31.5 Å². The first-order valence-corrected chi connectivity index (χ1v) is 7.36. The summed E-state index contributed by atoms with van der Waals surface area (Å²) in [7, 11) is 1.79. The minimum Gasteiger partial charge on any atom is -0.478 e. The Bertz CT molecular complexity index is 510. The lowest BCUT2D eigenvalue weighted by atomic mass is 9.98. The number of likely N-dealkylation sites (N-methyl/N-ethyl adjacent to an activating group) is 1. The average molecular weight is 290 g/mol. The van der Waals surface area contributed by atoms with Crippen molar-refractivity contribution in [3.05, 3.63) is 35.4 Å². The summed E-state index contributed by atoms with van der Waals surface area (Å²) in [6.07, 6.45) is 2.53. The highest BCUT2D eigenvalue weighted by Gasteiger charge is 2.23. The van der Waals surface area contributed by atoms with Gasteiger partial charge in [-0.15, -0.1) is 0 Å². The molecular weight excluding hydrogens is 268 g/mol. The van der Waals surface area contributed by atoms with Gasteiger partial charge in [-0.2, -0.15) is 0 Å². The summed E-state index contributed by atoms with van der Waals surface area (Å²) in [5.74, 6) is -0.718. The van der Waals surface area contributed by atoms with Gasteiger partial charge in [0.05, 0.1) is 11.5 Å². The largest absolute Gasteiger partial charge is 0.478 e. The number of amides is 1. The second kappa shape index (κ2) is 7.22. The van der Waals surface area contributed by atoms with Crippen molar-refractivity contribution in [1.82, 2.24) is 10.2 Å². The van der Waals surface area contributed by atoms with Crippen molar-refractivity contribution >= 4 is 11.9 Å². The predicted octanol–water partition coefficient (Wildman–Crippen LogP) is 1.39. The maximum Gasteiger partial charge on any atom is 0.335 e. The summed E-state index contributed by atoms with van der Waals surface area (Å²) in [6, 6.07) is 6.96. The van der Waals surface area contributed by atoms with Crippen molar-refractivity contribution in [2.75, 3.05) is 26.7 Å². The molecule has 2 rings (SSSR count). The van der Waals surface area contributed by atoms with Gasteiger partial charge in [0.1, 0.15) is 0 Å². The van der Waals surface area contributed by atoms with E-state index in [4.69, 9.17) is 5.11 Å². The van der Waals surface area contributed by atoms with Crippen molar-refractivity contribution in [1.29, 1.82) is 0 Å². The van der Waals surface area contributed by atoms with Crippen LogP contribution in [0.15, 0.2) is 24.3 Å². The first kappa shape index (κ1) is 15.5. The Morgan fingerprint density at radius 2 is 2.14 bits per heavy atom. The molecular formula is C16H22N2O3. The zero-order valence-corrected chi connectivity index (χ0v) is 12.3. The van der Waals surface area contributed by atoms with Gasteiger partial charge in [-0.25, -0.2) is 4.79 Å². The minimum atomic E-state index is -0.920. The Hall–Kier alpha value is -1.88. The number of carboxylic acids is 1. The Kier molecular flexibility index (Phi) is 5.33. The molecule has 1 fully saturated rings. The number of rotatable bonds is 5. The molecule has 5 heteroatoms. The summed E-state index contributed by atoms with van der Waals surface area (Å²) in [6.45, 7) is 2.27. The Morgan fingerprint density at radius 3 is 2.81 bits per heavy atom. The van der Waals surface area contributed by atoms with Crippen LogP contribution in [0.5, 0.6) is 0 Å². The number of piperidine rings is 1. The van der Waals surface area contributed by atoms with Gasteiger partial charge in [-0.1, -0.05) is 18.2 Å². The molecule has 0 aromatic heterocycles. The molecule has 1 aliphatic rings. The fraction of sp³-hybridized carbons (Fsp3) is 0.500. The number of benzene rings is 1. The van der Waals surface area contributed by atoms with E-state index in [1.807, 2.05) is 12.1 Å². The highest BCUT2D eigenvalue weighted by atomic mass is 16.4. The number of nitrogens with one attached hydrogen (secondary N) is 1. The molecule has 0 unspecified atom stereocenters. The monoisotopic (exact) mass is 290 g/mol. The first-order valence-electron chi connectivity index (χ1n) is 7.36. The molecule has 21 heavy (non-hydrogen) atoms. The van der Waals surface area contributed by atoms with Crippen molar-refractivity contribution in [3.63, 3.8) is 0 Å². The maximum absolute atomic E-state index is 12.3. The van der Waals surface area contributed by atoms with Crippen molar-refractivity contribution < 1.29 is 14.7 Å². The average Bonchev–Trinajstić information content (AvgIpc) is 2.52. The van der Waals surface area contributed by atoms with Crippen LogP contribution in [0.1, 0.15) is 28.8 Å². The van der Waals surface area contributed by atoms with Crippen molar-refractivity contribution in [2.45, 2.75) is 19.3 Å². The lowest BCUT2D eigenvalue weighted by molar-refractivity contribution is -0.134. The van der Waals surface area contributed by atoms with Crippen LogP contribution in [-0.2, 0) is 11.2 Å². The van der Waals surface area contributed by atoms with Gasteiger partial charge < -0.3 is 15.3 Å². The molecule has 1 saturated heterocycles. The molecule has 2 N–H and O–H groups in total. The SMILES string of the molecule is CN(CCc1ccccc1C(=O)O)C(=O)[C@H]1CCCNC1. The van der Waals surface area contributed by atoms with Crippen LogP contribution in [0.25, 0.3) is 0 Å².